The molecule has 1 aliphatic rings. The van der Waals surface area contributed by atoms with Crippen LogP contribution in [0, 0.1) is 11.8 Å². The zero-order valence-corrected chi connectivity index (χ0v) is 15.4. The SMILES string of the molecule is CCNC(=NCCS(=O)C(C)(C)C)N1CC(C)CC(C)C1. The Hall–Kier alpha value is -0.580. The van der Waals surface area contributed by atoms with Gasteiger partial charge in [-0.1, -0.05) is 13.8 Å². The van der Waals surface area contributed by atoms with E-state index in [0.717, 1.165) is 25.6 Å². The van der Waals surface area contributed by atoms with Gasteiger partial charge in [0, 0.05) is 40.9 Å². The maximum atomic E-state index is 12.1. The molecule has 124 valence electrons. The van der Waals surface area contributed by atoms with Gasteiger partial charge in [-0.25, -0.2) is 0 Å². The van der Waals surface area contributed by atoms with Crippen LogP contribution in [-0.4, -0.2) is 51.7 Å². The molecular formula is C16H33N3OS. The van der Waals surface area contributed by atoms with Crippen molar-refractivity contribution < 1.29 is 4.21 Å². The highest BCUT2D eigenvalue weighted by Gasteiger charge is 2.24. The van der Waals surface area contributed by atoms with Crippen molar-refractivity contribution in [1.82, 2.24) is 10.2 Å². The van der Waals surface area contributed by atoms with E-state index in [2.05, 4.69) is 31.0 Å². The van der Waals surface area contributed by atoms with Crippen molar-refractivity contribution in [2.75, 3.05) is 31.9 Å². The van der Waals surface area contributed by atoms with E-state index in [1.54, 1.807) is 0 Å². The summed E-state index contributed by atoms with van der Waals surface area (Å²) in [7, 11) is -0.830. The highest BCUT2D eigenvalue weighted by atomic mass is 32.2. The van der Waals surface area contributed by atoms with Crippen LogP contribution in [0.3, 0.4) is 0 Å². The summed E-state index contributed by atoms with van der Waals surface area (Å²) < 4.78 is 11.9. The van der Waals surface area contributed by atoms with Crippen molar-refractivity contribution in [1.29, 1.82) is 0 Å². The average molecular weight is 316 g/mol. The van der Waals surface area contributed by atoms with Crippen molar-refractivity contribution >= 4 is 16.8 Å². The Morgan fingerprint density at radius 1 is 1.29 bits per heavy atom. The molecule has 1 fully saturated rings. The molecule has 0 spiro atoms. The zero-order valence-electron chi connectivity index (χ0n) is 14.6. The maximum Gasteiger partial charge on any atom is 0.193 e. The van der Waals surface area contributed by atoms with Gasteiger partial charge in [0.05, 0.1) is 6.54 Å². The monoisotopic (exact) mass is 315 g/mol. The fraction of sp³-hybridized carbons (Fsp3) is 0.938. The van der Waals surface area contributed by atoms with E-state index in [0.29, 0.717) is 24.1 Å². The Labute approximate surface area is 133 Å². The van der Waals surface area contributed by atoms with E-state index in [1.165, 1.54) is 6.42 Å². The zero-order chi connectivity index (χ0) is 16.0. The molecule has 3 atom stereocenters. The standard InChI is InChI=1S/C16H33N3OS/c1-7-17-15(18-8-9-21(20)16(4,5)6)19-11-13(2)10-14(3)12-19/h13-14H,7-12H2,1-6H3,(H,17,18). The molecule has 0 aromatic rings. The Morgan fingerprint density at radius 3 is 2.33 bits per heavy atom. The van der Waals surface area contributed by atoms with Crippen LogP contribution in [0.5, 0.6) is 0 Å². The molecule has 1 rings (SSSR count). The van der Waals surface area contributed by atoms with E-state index in [1.807, 2.05) is 20.8 Å². The molecule has 0 aromatic heterocycles. The molecule has 0 bridgehead atoms. The molecule has 1 saturated heterocycles. The molecule has 5 heteroatoms. The molecule has 1 N–H and O–H groups in total. The van der Waals surface area contributed by atoms with E-state index in [9.17, 15) is 4.21 Å². The molecule has 0 aromatic carbocycles. The lowest BCUT2D eigenvalue weighted by Crippen LogP contribution is -2.48. The maximum absolute atomic E-state index is 12.1. The van der Waals surface area contributed by atoms with Gasteiger partial charge in [-0.2, -0.15) is 0 Å². The molecule has 21 heavy (non-hydrogen) atoms. The van der Waals surface area contributed by atoms with Crippen LogP contribution in [0.15, 0.2) is 4.99 Å². The smallest absolute Gasteiger partial charge is 0.193 e. The van der Waals surface area contributed by atoms with Crippen molar-refractivity contribution in [3.8, 4) is 0 Å². The lowest BCUT2D eigenvalue weighted by Gasteiger charge is -2.37. The van der Waals surface area contributed by atoms with E-state index in [-0.39, 0.29) is 4.75 Å². The Morgan fingerprint density at radius 2 is 1.86 bits per heavy atom. The van der Waals surface area contributed by atoms with E-state index >= 15 is 0 Å². The molecular weight excluding hydrogens is 282 g/mol. The Balaban J connectivity index is 2.63. The molecule has 0 saturated carbocycles. The molecule has 3 unspecified atom stereocenters. The second-order valence-electron chi connectivity index (χ2n) is 7.25. The lowest BCUT2D eigenvalue weighted by atomic mass is 9.92. The van der Waals surface area contributed by atoms with Gasteiger partial charge in [0.2, 0.25) is 0 Å². The largest absolute Gasteiger partial charge is 0.357 e. The fourth-order valence-electron chi connectivity index (χ4n) is 2.80. The number of rotatable bonds is 4. The third-order valence-electron chi connectivity index (χ3n) is 3.72. The van der Waals surface area contributed by atoms with E-state index in [4.69, 9.17) is 4.99 Å². The first-order valence-corrected chi connectivity index (χ1v) is 9.47. The van der Waals surface area contributed by atoms with Gasteiger partial charge in [0.1, 0.15) is 0 Å². The van der Waals surface area contributed by atoms with Crippen LogP contribution in [0.1, 0.15) is 48.0 Å². The Bertz CT molecular complexity index is 366. The predicted molar refractivity (Wildman–Crippen MR) is 93.3 cm³/mol. The van der Waals surface area contributed by atoms with Gasteiger partial charge in [-0.3, -0.25) is 9.20 Å². The quantitative estimate of drug-likeness (QED) is 0.640. The highest BCUT2D eigenvalue weighted by Crippen LogP contribution is 2.20. The predicted octanol–water partition coefficient (Wildman–Crippen LogP) is 2.48. The fourth-order valence-corrected chi connectivity index (χ4v) is 3.67. The van der Waals surface area contributed by atoms with Crippen LogP contribution in [0.4, 0.5) is 0 Å². The second kappa shape index (κ2) is 8.16. The third-order valence-corrected chi connectivity index (χ3v) is 5.64. The van der Waals surface area contributed by atoms with Crippen LogP contribution >= 0.6 is 0 Å². The molecule has 4 nitrogen and oxygen atoms in total. The second-order valence-corrected chi connectivity index (χ2v) is 9.57. The summed E-state index contributed by atoms with van der Waals surface area (Å²) in [4.78, 5) is 7.06. The topological polar surface area (TPSA) is 44.7 Å². The first-order valence-electron chi connectivity index (χ1n) is 8.15. The number of guanidine groups is 1. The minimum absolute atomic E-state index is 0.151. The minimum Gasteiger partial charge on any atom is -0.357 e. The van der Waals surface area contributed by atoms with Crippen LogP contribution < -0.4 is 5.32 Å². The van der Waals surface area contributed by atoms with Crippen LogP contribution in [0.25, 0.3) is 0 Å². The minimum atomic E-state index is -0.830. The number of hydrogen-bond acceptors (Lipinski definition) is 2. The first-order chi connectivity index (χ1) is 9.74. The van der Waals surface area contributed by atoms with Gasteiger partial charge >= 0.3 is 0 Å². The molecule has 1 heterocycles. The normalized spacial score (nSPS) is 25.8. The summed E-state index contributed by atoms with van der Waals surface area (Å²) in [6, 6.07) is 0. The third kappa shape index (κ3) is 6.37. The average Bonchev–Trinajstić information content (AvgIpc) is 2.35. The van der Waals surface area contributed by atoms with Crippen molar-refractivity contribution in [2.45, 2.75) is 52.7 Å². The number of likely N-dealkylation sites (tertiary alicyclic amines) is 1. The van der Waals surface area contributed by atoms with Crippen LogP contribution in [-0.2, 0) is 10.8 Å². The number of nitrogens with one attached hydrogen (secondary N) is 1. The van der Waals surface area contributed by atoms with Gasteiger partial charge < -0.3 is 10.2 Å². The first kappa shape index (κ1) is 18.5. The summed E-state index contributed by atoms with van der Waals surface area (Å²) in [5.41, 5.74) is 0. The summed E-state index contributed by atoms with van der Waals surface area (Å²) in [5, 5.41) is 3.38. The number of piperidine rings is 1. The number of nitrogens with zero attached hydrogens (tertiary/aromatic N) is 2. The summed E-state index contributed by atoms with van der Waals surface area (Å²) in [5.74, 6) is 3.04. The van der Waals surface area contributed by atoms with Gasteiger partial charge in [-0.15, -0.1) is 0 Å². The summed E-state index contributed by atoms with van der Waals surface area (Å²) in [6.07, 6.45) is 1.30. The van der Waals surface area contributed by atoms with Gasteiger partial charge in [-0.05, 0) is 46.0 Å². The Kier molecular flexibility index (Phi) is 7.17. The van der Waals surface area contributed by atoms with Crippen LogP contribution in [0.2, 0.25) is 0 Å². The number of hydrogen-bond donors (Lipinski definition) is 1. The van der Waals surface area contributed by atoms with E-state index < -0.39 is 10.8 Å². The van der Waals surface area contributed by atoms with Crippen molar-refractivity contribution in [3.63, 3.8) is 0 Å². The lowest BCUT2D eigenvalue weighted by molar-refractivity contribution is 0.208. The number of aliphatic imine (C=N–C) groups is 1. The van der Waals surface area contributed by atoms with Crippen molar-refractivity contribution in [3.05, 3.63) is 0 Å². The molecule has 0 radical (unpaired) electrons. The molecule has 0 amide bonds. The highest BCUT2D eigenvalue weighted by molar-refractivity contribution is 7.86. The van der Waals surface area contributed by atoms with Crippen molar-refractivity contribution in [2.24, 2.45) is 16.8 Å². The van der Waals surface area contributed by atoms with Gasteiger partial charge in [0.25, 0.3) is 0 Å². The summed E-state index contributed by atoms with van der Waals surface area (Å²) >= 11 is 0. The molecule has 1 aliphatic heterocycles. The molecule has 0 aliphatic carbocycles. The summed E-state index contributed by atoms with van der Waals surface area (Å²) in [6.45, 7) is 16.4. The van der Waals surface area contributed by atoms with Gasteiger partial charge in [0.15, 0.2) is 5.96 Å².